The molecule has 4 heteroatoms. The molecule has 72 valence electrons. The van der Waals surface area contributed by atoms with E-state index in [4.69, 9.17) is 16.3 Å². The van der Waals surface area contributed by atoms with Crippen LogP contribution in [0, 0.1) is 0 Å². The molecule has 0 N–H and O–H groups in total. The van der Waals surface area contributed by atoms with Gasteiger partial charge < -0.3 is 4.74 Å². The Morgan fingerprint density at radius 1 is 1.69 bits per heavy atom. The Morgan fingerprint density at radius 2 is 2.62 bits per heavy atom. The van der Waals surface area contributed by atoms with Crippen LogP contribution in [-0.4, -0.2) is 17.5 Å². The first-order valence-corrected chi connectivity index (χ1v) is 5.93. The largest absolute Gasteiger partial charge is 0.371 e. The average molecular weight is 218 g/mol. The van der Waals surface area contributed by atoms with Crippen LogP contribution < -0.4 is 0 Å². The lowest BCUT2D eigenvalue weighted by atomic mass is 10.2. The van der Waals surface area contributed by atoms with Crippen molar-refractivity contribution >= 4 is 22.9 Å². The van der Waals surface area contributed by atoms with Gasteiger partial charge in [-0.2, -0.15) is 0 Å². The van der Waals surface area contributed by atoms with E-state index in [0.29, 0.717) is 5.88 Å². The van der Waals surface area contributed by atoms with Crippen molar-refractivity contribution in [2.75, 3.05) is 12.5 Å². The summed E-state index contributed by atoms with van der Waals surface area (Å²) in [4.78, 5) is 4.49. The van der Waals surface area contributed by atoms with E-state index in [1.54, 1.807) is 11.3 Å². The molecule has 1 atom stereocenters. The van der Waals surface area contributed by atoms with E-state index in [9.17, 15) is 0 Å². The maximum atomic E-state index is 5.64. The lowest BCUT2D eigenvalue weighted by Crippen LogP contribution is -1.95. The van der Waals surface area contributed by atoms with Crippen molar-refractivity contribution in [3.63, 3.8) is 0 Å². The highest BCUT2D eigenvalue weighted by Gasteiger charge is 2.20. The van der Waals surface area contributed by atoms with E-state index < -0.39 is 0 Å². The van der Waals surface area contributed by atoms with Crippen LogP contribution in [0.3, 0.4) is 0 Å². The summed E-state index contributed by atoms with van der Waals surface area (Å²) in [5, 5.41) is 3.21. The number of hydrogen-bond acceptors (Lipinski definition) is 3. The Labute approximate surface area is 86.9 Å². The van der Waals surface area contributed by atoms with Gasteiger partial charge in [-0.25, -0.2) is 4.98 Å². The Balaban J connectivity index is 2.03. The number of halogens is 1. The Hall–Kier alpha value is -0.120. The lowest BCUT2D eigenvalue weighted by molar-refractivity contribution is 0.111. The van der Waals surface area contributed by atoms with Crippen molar-refractivity contribution in [2.45, 2.75) is 25.4 Å². The van der Waals surface area contributed by atoms with Crippen molar-refractivity contribution in [3.05, 3.63) is 16.1 Å². The predicted octanol–water partition coefficient (Wildman–Crippen LogP) is 2.78. The van der Waals surface area contributed by atoms with E-state index in [2.05, 4.69) is 10.4 Å². The van der Waals surface area contributed by atoms with Gasteiger partial charge in [-0.15, -0.1) is 22.9 Å². The van der Waals surface area contributed by atoms with Gasteiger partial charge in [0.2, 0.25) is 0 Å². The highest BCUT2D eigenvalue weighted by atomic mass is 35.5. The van der Waals surface area contributed by atoms with Crippen LogP contribution in [0.4, 0.5) is 0 Å². The zero-order valence-electron chi connectivity index (χ0n) is 7.33. The molecule has 0 bridgehead atoms. The quantitative estimate of drug-likeness (QED) is 0.727. The standard InChI is InChI=1S/C9H12ClNOS/c10-4-3-7-6-13-9(11-7)8-2-1-5-12-8/h6,8H,1-5H2. The molecule has 0 aromatic carbocycles. The van der Waals surface area contributed by atoms with Crippen LogP contribution in [0.15, 0.2) is 5.38 Å². The third-order valence-corrected chi connectivity index (χ3v) is 3.30. The highest BCUT2D eigenvalue weighted by molar-refractivity contribution is 7.09. The predicted molar refractivity (Wildman–Crippen MR) is 54.5 cm³/mol. The summed E-state index contributed by atoms with van der Waals surface area (Å²) in [6.07, 6.45) is 3.40. The zero-order valence-corrected chi connectivity index (χ0v) is 8.90. The van der Waals surface area contributed by atoms with Crippen LogP contribution >= 0.6 is 22.9 Å². The van der Waals surface area contributed by atoms with E-state index in [1.807, 2.05) is 0 Å². The molecule has 0 aliphatic carbocycles. The first-order valence-electron chi connectivity index (χ1n) is 4.52. The SMILES string of the molecule is ClCCc1csc(C2CCCO2)n1. The number of aryl methyl sites for hydroxylation is 1. The van der Waals surface area contributed by atoms with Crippen molar-refractivity contribution in [2.24, 2.45) is 0 Å². The van der Waals surface area contributed by atoms with Gasteiger partial charge >= 0.3 is 0 Å². The van der Waals surface area contributed by atoms with Crippen molar-refractivity contribution in [1.29, 1.82) is 0 Å². The van der Waals surface area contributed by atoms with Gasteiger partial charge in [0, 0.05) is 24.3 Å². The van der Waals surface area contributed by atoms with E-state index >= 15 is 0 Å². The lowest BCUT2D eigenvalue weighted by Gasteiger charge is -2.03. The molecule has 1 aliphatic rings. The molecular formula is C9H12ClNOS. The Kier molecular flexibility index (Phi) is 3.19. The average Bonchev–Trinajstić information content (AvgIpc) is 2.70. The molecule has 0 saturated carbocycles. The third-order valence-electron chi connectivity index (χ3n) is 2.13. The molecule has 0 amide bonds. The molecule has 0 spiro atoms. The molecule has 2 rings (SSSR count). The van der Waals surface area contributed by atoms with Gasteiger partial charge in [-0.3, -0.25) is 0 Å². The number of ether oxygens (including phenoxy) is 1. The summed E-state index contributed by atoms with van der Waals surface area (Å²) in [5.74, 6) is 0.648. The smallest absolute Gasteiger partial charge is 0.122 e. The zero-order chi connectivity index (χ0) is 9.10. The summed E-state index contributed by atoms with van der Waals surface area (Å²) in [7, 11) is 0. The Morgan fingerprint density at radius 3 is 3.31 bits per heavy atom. The Bertz CT molecular complexity index is 270. The van der Waals surface area contributed by atoms with Gasteiger partial charge in [0.15, 0.2) is 0 Å². The fourth-order valence-electron chi connectivity index (χ4n) is 1.45. The fraction of sp³-hybridized carbons (Fsp3) is 0.667. The van der Waals surface area contributed by atoms with E-state index in [1.165, 1.54) is 0 Å². The van der Waals surface area contributed by atoms with Crippen LogP contribution in [0.5, 0.6) is 0 Å². The van der Waals surface area contributed by atoms with Gasteiger partial charge in [-0.1, -0.05) is 0 Å². The third kappa shape index (κ3) is 2.22. The number of nitrogens with zero attached hydrogens (tertiary/aromatic N) is 1. The second kappa shape index (κ2) is 4.40. The van der Waals surface area contributed by atoms with Crippen LogP contribution in [0.1, 0.15) is 29.6 Å². The van der Waals surface area contributed by atoms with E-state index in [0.717, 1.165) is 36.6 Å². The molecule has 2 nitrogen and oxygen atoms in total. The van der Waals surface area contributed by atoms with Crippen LogP contribution in [-0.2, 0) is 11.2 Å². The van der Waals surface area contributed by atoms with Gasteiger partial charge in [-0.05, 0) is 12.8 Å². The second-order valence-corrected chi connectivity index (χ2v) is 4.39. The van der Waals surface area contributed by atoms with Gasteiger partial charge in [0.25, 0.3) is 0 Å². The number of thiazole rings is 1. The molecule has 2 heterocycles. The minimum Gasteiger partial charge on any atom is -0.371 e. The molecule has 1 aromatic rings. The van der Waals surface area contributed by atoms with Gasteiger partial charge in [0.1, 0.15) is 11.1 Å². The highest BCUT2D eigenvalue weighted by Crippen LogP contribution is 2.30. The summed E-state index contributed by atoms with van der Waals surface area (Å²) < 4.78 is 5.55. The number of hydrogen-bond donors (Lipinski definition) is 0. The summed E-state index contributed by atoms with van der Waals surface area (Å²) >= 11 is 7.33. The summed E-state index contributed by atoms with van der Waals surface area (Å²) in [6, 6.07) is 0. The monoisotopic (exact) mass is 217 g/mol. The fourth-order valence-corrected chi connectivity index (χ4v) is 2.58. The summed E-state index contributed by atoms with van der Waals surface area (Å²) in [5.41, 5.74) is 1.10. The molecule has 1 saturated heterocycles. The molecule has 1 unspecified atom stereocenters. The number of rotatable bonds is 3. The van der Waals surface area contributed by atoms with Gasteiger partial charge in [0.05, 0.1) is 5.69 Å². The molecule has 13 heavy (non-hydrogen) atoms. The first kappa shape index (κ1) is 9.44. The maximum absolute atomic E-state index is 5.64. The van der Waals surface area contributed by atoms with Crippen molar-refractivity contribution in [3.8, 4) is 0 Å². The van der Waals surface area contributed by atoms with Crippen molar-refractivity contribution < 1.29 is 4.74 Å². The number of aromatic nitrogens is 1. The minimum absolute atomic E-state index is 0.258. The van der Waals surface area contributed by atoms with Crippen molar-refractivity contribution in [1.82, 2.24) is 4.98 Å². The normalized spacial score (nSPS) is 22.4. The minimum atomic E-state index is 0.258. The molecular weight excluding hydrogens is 206 g/mol. The molecule has 1 fully saturated rings. The topological polar surface area (TPSA) is 22.1 Å². The maximum Gasteiger partial charge on any atom is 0.122 e. The molecule has 0 radical (unpaired) electrons. The first-order chi connectivity index (χ1) is 6.40. The van der Waals surface area contributed by atoms with Crippen LogP contribution in [0.25, 0.3) is 0 Å². The summed E-state index contributed by atoms with van der Waals surface area (Å²) in [6.45, 7) is 0.884. The molecule has 1 aromatic heterocycles. The second-order valence-electron chi connectivity index (χ2n) is 3.12. The van der Waals surface area contributed by atoms with E-state index in [-0.39, 0.29) is 6.10 Å². The number of alkyl halides is 1. The molecule has 1 aliphatic heterocycles. The van der Waals surface area contributed by atoms with Crippen LogP contribution in [0.2, 0.25) is 0 Å².